The second-order valence-electron chi connectivity index (χ2n) is 7.08. The number of amides is 1. The van der Waals surface area contributed by atoms with Crippen LogP contribution in [0, 0.1) is 20.8 Å². The second kappa shape index (κ2) is 7.26. The van der Waals surface area contributed by atoms with Crippen LogP contribution in [0.2, 0.25) is 0 Å². The van der Waals surface area contributed by atoms with Gasteiger partial charge in [0.05, 0.1) is 11.5 Å². The summed E-state index contributed by atoms with van der Waals surface area (Å²) in [5.74, 6) is 0.314. The van der Waals surface area contributed by atoms with Crippen molar-refractivity contribution in [3.63, 3.8) is 0 Å². The number of rotatable bonds is 4. The van der Waals surface area contributed by atoms with Gasteiger partial charge in [0, 0.05) is 24.5 Å². The Morgan fingerprint density at radius 3 is 2.44 bits per heavy atom. The maximum atomic E-state index is 12.8. The van der Waals surface area contributed by atoms with E-state index in [0.717, 1.165) is 16.8 Å². The van der Waals surface area contributed by atoms with E-state index in [2.05, 4.69) is 15.3 Å². The molecule has 1 aliphatic rings. The van der Waals surface area contributed by atoms with E-state index >= 15 is 0 Å². The van der Waals surface area contributed by atoms with E-state index in [1.165, 1.54) is 0 Å². The van der Waals surface area contributed by atoms with Gasteiger partial charge < -0.3 is 10.2 Å². The highest BCUT2D eigenvalue weighted by atomic mass is 32.2. The minimum atomic E-state index is -3.01. The summed E-state index contributed by atoms with van der Waals surface area (Å²) in [6, 6.07) is 7.27. The van der Waals surface area contributed by atoms with Crippen molar-refractivity contribution in [2.24, 2.45) is 0 Å². The molecule has 2 heterocycles. The first kappa shape index (κ1) is 19.3. The van der Waals surface area contributed by atoms with Gasteiger partial charge in [-0.25, -0.2) is 18.4 Å². The molecule has 1 saturated heterocycles. The SMILES string of the molecule is Cc1cc(C(=O)Nc2c(C)cccc2C)nc(N(C)C2CCS(=O)(=O)C2)n1. The van der Waals surface area contributed by atoms with Crippen LogP contribution >= 0.6 is 0 Å². The predicted molar refractivity (Wildman–Crippen MR) is 106 cm³/mol. The van der Waals surface area contributed by atoms with Crippen molar-refractivity contribution in [3.05, 3.63) is 46.8 Å². The smallest absolute Gasteiger partial charge is 0.274 e. The fourth-order valence-electron chi connectivity index (χ4n) is 3.26. The number of hydrogen-bond donors (Lipinski definition) is 1. The molecule has 0 spiro atoms. The summed E-state index contributed by atoms with van der Waals surface area (Å²) in [7, 11) is -1.24. The van der Waals surface area contributed by atoms with Crippen molar-refractivity contribution in [1.29, 1.82) is 0 Å². The van der Waals surface area contributed by atoms with Gasteiger partial charge in [0.15, 0.2) is 9.84 Å². The van der Waals surface area contributed by atoms with Crippen molar-refractivity contribution >= 4 is 27.4 Å². The molecule has 0 aliphatic carbocycles. The van der Waals surface area contributed by atoms with Crippen molar-refractivity contribution in [3.8, 4) is 0 Å². The lowest BCUT2D eigenvalue weighted by Gasteiger charge is -2.24. The van der Waals surface area contributed by atoms with Crippen molar-refractivity contribution < 1.29 is 13.2 Å². The molecular weight excluding hydrogens is 364 g/mol. The molecule has 2 aromatic rings. The third kappa shape index (κ3) is 4.27. The summed E-state index contributed by atoms with van der Waals surface area (Å²) in [5.41, 5.74) is 3.63. The zero-order valence-electron chi connectivity index (χ0n) is 16.0. The van der Waals surface area contributed by atoms with Crippen LogP contribution in [-0.4, -0.2) is 48.9 Å². The molecule has 1 atom stereocenters. The average Bonchev–Trinajstić information content (AvgIpc) is 2.96. The molecule has 0 radical (unpaired) electrons. The van der Waals surface area contributed by atoms with Crippen LogP contribution in [0.1, 0.15) is 33.7 Å². The number of para-hydroxylation sites is 1. The molecule has 7 nitrogen and oxygen atoms in total. The van der Waals surface area contributed by atoms with E-state index in [0.29, 0.717) is 18.1 Å². The van der Waals surface area contributed by atoms with Gasteiger partial charge >= 0.3 is 0 Å². The molecule has 1 fully saturated rings. The Morgan fingerprint density at radius 1 is 1.19 bits per heavy atom. The quantitative estimate of drug-likeness (QED) is 0.864. The Kier molecular flexibility index (Phi) is 5.19. The topological polar surface area (TPSA) is 92.3 Å². The van der Waals surface area contributed by atoms with Crippen LogP contribution < -0.4 is 10.2 Å². The molecule has 3 rings (SSSR count). The number of aromatic nitrogens is 2. The summed E-state index contributed by atoms with van der Waals surface area (Å²) in [6.45, 7) is 5.67. The third-order valence-corrected chi connectivity index (χ3v) is 6.62. The second-order valence-corrected chi connectivity index (χ2v) is 9.31. The summed E-state index contributed by atoms with van der Waals surface area (Å²) in [4.78, 5) is 23.3. The number of hydrogen-bond acceptors (Lipinski definition) is 6. The third-order valence-electron chi connectivity index (χ3n) is 4.87. The molecule has 1 aromatic heterocycles. The Morgan fingerprint density at radius 2 is 1.85 bits per heavy atom. The standard InChI is InChI=1S/C19H24N4O3S/c1-12-6-5-7-13(2)17(12)22-18(24)16-10-14(3)20-19(21-16)23(4)15-8-9-27(25,26)11-15/h5-7,10,15H,8-9,11H2,1-4H3,(H,22,24). The highest BCUT2D eigenvalue weighted by Gasteiger charge is 2.32. The van der Waals surface area contributed by atoms with E-state index in [4.69, 9.17) is 0 Å². The maximum absolute atomic E-state index is 12.8. The lowest BCUT2D eigenvalue weighted by molar-refractivity contribution is 0.102. The number of nitrogens with one attached hydrogen (secondary N) is 1. The first-order valence-corrected chi connectivity index (χ1v) is 10.6. The van der Waals surface area contributed by atoms with E-state index < -0.39 is 9.84 Å². The first-order chi connectivity index (χ1) is 12.7. The van der Waals surface area contributed by atoms with Gasteiger partial charge in [0.1, 0.15) is 5.69 Å². The maximum Gasteiger partial charge on any atom is 0.274 e. The van der Waals surface area contributed by atoms with E-state index in [1.807, 2.05) is 32.0 Å². The van der Waals surface area contributed by atoms with Crippen LogP contribution in [0.15, 0.2) is 24.3 Å². The Labute approximate surface area is 159 Å². The number of anilines is 2. The molecule has 27 heavy (non-hydrogen) atoms. The molecule has 1 unspecified atom stereocenters. The van der Waals surface area contributed by atoms with Gasteiger partial charge in [-0.3, -0.25) is 4.79 Å². The lowest BCUT2D eigenvalue weighted by Crippen LogP contribution is -2.34. The van der Waals surface area contributed by atoms with Crippen LogP contribution in [0.4, 0.5) is 11.6 Å². The van der Waals surface area contributed by atoms with Gasteiger partial charge in [-0.15, -0.1) is 0 Å². The number of aryl methyl sites for hydroxylation is 3. The van der Waals surface area contributed by atoms with E-state index in [1.54, 1.807) is 24.9 Å². The highest BCUT2D eigenvalue weighted by Crippen LogP contribution is 2.22. The summed E-state index contributed by atoms with van der Waals surface area (Å²) in [6.07, 6.45) is 0.542. The first-order valence-electron chi connectivity index (χ1n) is 8.83. The monoisotopic (exact) mass is 388 g/mol. The Bertz CT molecular complexity index is 968. The fraction of sp³-hybridized carbons (Fsp3) is 0.421. The summed E-state index contributed by atoms with van der Waals surface area (Å²) >= 11 is 0. The summed E-state index contributed by atoms with van der Waals surface area (Å²) < 4.78 is 23.5. The highest BCUT2D eigenvalue weighted by molar-refractivity contribution is 7.91. The van der Waals surface area contributed by atoms with Crippen molar-refractivity contribution in [2.75, 3.05) is 28.8 Å². The van der Waals surface area contributed by atoms with Crippen LogP contribution in [0.5, 0.6) is 0 Å². The minimum Gasteiger partial charge on any atom is -0.340 e. The van der Waals surface area contributed by atoms with Gasteiger partial charge in [-0.05, 0) is 44.4 Å². The van der Waals surface area contributed by atoms with Crippen molar-refractivity contribution in [2.45, 2.75) is 33.2 Å². The molecule has 1 amide bonds. The molecule has 0 saturated carbocycles. The largest absolute Gasteiger partial charge is 0.340 e. The number of sulfone groups is 1. The zero-order valence-corrected chi connectivity index (χ0v) is 16.8. The number of carbonyl (C=O) groups is 1. The van der Waals surface area contributed by atoms with Crippen LogP contribution in [0.3, 0.4) is 0 Å². The normalized spacial score (nSPS) is 18.3. The molecule has 1 aromatic carbocycles. The van der Waals surface area contributed by atoms with Crippen LogP contribution in [0.25, 0.3) is 0 Å². The lowest BCUT2D eigenvalue weighted by atomic mass is 10.1. The number of nitrogens with zero attached hydrogens (tertiary/aromatic N) is 3. The molecule has 1 N–H and O–H groups in total. The van der Waals surface area contributed by atoms with Gasteiger partial charge in [-0.1, -0.05) is 18.2 Å². The van der Waals surface area contributed by atoms with E-state index in [9.17, 15) is 13.2 Å². The minimum absolute atomic E-state index is 0.0880. The molecule has 144 valence electrons. The van der Waals surface area contributed by atoms with Gasteiger partial charge in [-0.2, -0.15) is 0 Å². The van der Waals surface area contributed by atoms with Gasteiger partial charge in [0.25, 0.3) is 5.91 Å². The fourth-order valence-corrected chi connectivity index (χ4v) is 5.03. The van der Waals surface area contributed by atoms with Crippen LogP contribution in [-0.2, 0) is 9.84 Å². The molecule has 8 heteroatoms. The van der Waals surface area contributed by atoms with E-state index in [-0.39, 0.29) is 29.1 Å². The number of carbonyl (C=O) groups excluding carboxylic acids is 1. The molecule has 0 bridgehead atoms. The van der Waals surface area contributed by atoms with Gasteiger partial charge in [0.2, 0.25) is 5.95 Å². The molecule has 1 aliphatic heterocycles. The average molecular weight is 388 g/mol. The molecular formula is C19H24N4O3S. The van der Waals surface area contributed by atoms with Crippen molar-refractivity contribution in [1.82, 2.24) is 9.97 Å². The zero-order chi connectivity index (χ0) is 19.8. The Balaban J connectivity index is 1.86. The predicted octanol–water partition coefficient (Wildman–Crippen LogP) is 2.28. The number of benzene rings is 1. The Hall–Kier alpha value is -2.48. The summed E-state index contributed by atoms with van der Waals surface area (Å²) in [5, 5.41) is 2.93.